The Morgan fingerprint density at radius 3 is 2.90 bits per heavy atom. The molecule has 0 saturated carbocycles. The maximum absolute atomic E-state index is 12.0. The van der Waals surface area contributed by atoms with Crippen LogP contribution in [0.3, 0.4) is 0 Å². The van der Waals surface area contributed by atoms with Gasteiger partial charge in [-0.05, 0) is 43.4 Å². The molecule has 2 N–H and O–H groups in total. The Hall–Kier alpha value is -1.83. The van der Waals surface area contributed by atoms with Crippen LogP contribution in [0, 0.1) is 5.41 Å². The first kappa shape index (κ1) is 23.8. The summed E-state index contributed by atoms with van der Waals surface area (Å²) in [4.78, 5) is 14.4. The fourth-order valence-electron chi connectivity index (χ4n) is 4.51. The zero-order valence-corrected chi connectivity index (χ0v) is 19.5. The number of carbonyl (C=O) groups excluding carboxylic acids is 1. The Labute approximate surface area is 186 Å². The van der Waals surface area contributed by atoms with E-state index >= 15 is 0 Å². The molecule has 0 spiro atoms. The number of nitrogens with zero attached hydrogens (tertiary/aromatic N) is 1. The summed E-state index contributed by atoms with van der Waals surface area (Å²) >= 11 is 0. The number of nitrogens with one attached hydrogen (secondary N) is 2. The first-order valence-electron chi connectivity index (χ1n) is 11.5. The van der Waals surface area contributed by atoms with Crippen LogP contribution < -0.4 is 20.3 Å². The van der Waals surface area contributed by atoms with Crippen molar-refractivity contribution >= 4 is 11.6 Å². The lowest BCUT2D eigenvalue weighted by Gasteiger charge is -2.34. The van der Waals surface area contributed by atoms with Gasteiger partial charge in [-0.3, -0.25) is 4.79 Å². The fraction of sp³-hybridized carbons (Fsp3) is 0.708. The first-order chi connectivity index (χ1) is 14.9. The predicted molar refractivity (Wildman–Crippen MR) is 123 cm³/mol. The van der Waals surface area contributed by atoms with E-state index in [0.717, 1.165) is 70.0 Å². The summed E-state index contributed by atoms with van der Waals surface area (Å²) in [6.45, 7) is 8.80. The summed E-state index contributed by atoms with van der Waals surface area (Å²) < 4.78 is 17.3. The molecule has 2 atom stereocenters. The molecule has 1 saturated heterocycles. The number of benzene rings is 1. The van der Waals surface area contributed by atoms with Gasteiger partial charge in [0.25, 0.3) is 0 Å². The van der Waals surface area contributed by atoms with Crippen molar-refractivity contribution in [2.75, 3.05) is 51.9 Å². The predicted octanol–water partition coefficient (Wildman–Crippen LogP) is 2.72. The van der Waals surface area contributed by atoms with Crippen molar-refractivity contribution in [2.45, 2.75) is 58.3 Å². The lowest BCUT2D eigenvalue weighted by atomic mass is 9.82. The largest absolute Gasteiger partial charge is 0.490 e. The van der Waals surface area contributed by atoms with E-state index in [-0.39, 0.29) is 17.4 Å². The molecule has 0 radical (unpaired) electrons. The topological polar surface area (TPSA) is 72.1 Å². The van der Waals surface area contributed by atoms with Gasteiger partial charge in [-0.1, -0.05) is 19.9 Å². The van der Waals surface area contributed by atoms with Crippen molar-refractivity contribution in [3.63, 3.8) is 0 Å². The molecule has 1 fully saturated rings. The van der Waals surface area contributed by atoms with E-state index in [1.165, 1.54) is 5.56 Å². The van der Waals surface area contributed by atoms with E-state index in [1.807, 2.05) is 13.8 Å². The highest BCUT2D eigenvalue weighted by Gasteiger charge is 2.32. The van der Waals surface area contributed by atoms with E-state index in [4.69, 9.17) is 14.2 Å². The van der Waals surface area contributed by atoms with Crippen LogP contribution in [0.15, 0.2) is 18.2 Å². The average Bonchev–Trinajstić information content (AvgIpc) is 2.78. The summed E-state index contributed by atoms with van der Waals surface area (Å²) in [5.41, 5.74) is 1.96. The van der Waals surface area contributed by atoms with Crippen molar-refractivity contribution in [3.05, 3.63) is 23.8 Å². The van der Waals surface area contributed by atoms with Crippen LogP contribution in [-0.4, -0.2) is 65.1 Å². The average molecular weight is 434 g/mol. The Morgan fingerprint density at radius 1 is 1.35 bits per heavy atom. The third-order valence-corrected chi connectivity index (χ3v) is 6.31. The zero-order chi connectivity index (χ0) is 22.3. The van der Waals surface area contributed by atoms with Crippen molar-refractivity contribution in [3.8, 4) is 5.75 Å². The minimum absolute atomic E-state index is 0.0975. The minimum atomic E-state index is -0.361. The highest BCUT2D eigenvalue weighted by molar-refractivity contribution is 5.81. The number of methoxy groups -OCH3 is 1. The molecule has 1 aromatic rings. The van der Waals surface area contributed by atoms with E-state index in [0.29, 0.717) is 12.6 Å². The van der Waals surface area contributed by atoms with Crippen LogP contribution >= 0.6 is 0 Å². The van der Waals surface area contributed by atoms with Gasteiger partial charge in [0, 0.05) is 45.3 Å². The molecule has 3 rings (SSSR count). The van der Waals surface area contributed by atoms with Crippen LogP contribution in [0.4, 0.5) is 5.69 Å². The summed E-state index contributed by atoms with van der Waals surface area (Å²) in [5, 5.41) is 6.35. The normalized spacial score (nSPS) is 21.4. The molecule has 7 heteroatoms. The second-order valence-electron chi connectivity index (χ2n) is 9.27. The number of fused-ring (bicyclic) bond motifs is 1. The standard InChI is InChI=1S/C24H39N3O4/c1-24(2,23(28)25-3)15-19-7-8-20(16-26-19)31-17-18-6-9-22-21(14-18)27(11-13-30-22)10-5-12-29-4/h6,9,14,19-20,26H,5,7-8,10-13,15-17H2,1-4H3,(H,25,28)/t19?,20-/m1/s1. The van der Waals surface area contributed by atoms with Crippen molar-refractivity contribution in [1.82, 2.24) is 10.6 Å². The maximum atomic E-state index is 12.0. The number of piperidine rings is 1. The molecule has 0 aliphatic carbocycles. The molecule has 1 unspecified atom stereocenters. The zero-order valence-electron chi connectivity index (χ0n) is 19.5. The monoisotopic (exact) mass is 433 g/mol. The Morgan fingerprint density at radius 2 is 2.19 bits per heavy atom. The van der Waals surface area contributed by atoms with E-state index in [9.17, 15) is 4.79 Å². The molecule has 0 bridgehead atoms. The first-order valence-corrected chi connectivity index (χ1v) is 11.5. The molecular weight excluding hydrogens is 394 g/mol. The highest BCUT2D eigenvalue weighted by atomic mass is 16.5. The van der Waals surface area contributed by atoms with Gasteiger partial charge < -0.3 is 29.7 Å². The van der Waals surface area contributed by atoms with Gasteiger partial charge >= 0.3 is 0 Å². The Balaban J connectivity index is 1.48. The van der Waals surface area contributed by atoms with Crippen LogP contribution in [0.1, 0.15) is 45.1 Å². The Bertz CT molecular complexity index is 717. The molecule has 2 heterocycles. The molecule has 7 nitrogen and oxygen atoms in total. The maximum Gasteiger partial charge on any atom is 0.225 e. The van der Waals surface area contributed by atoms with Gasteiger partial charge in [0.1, 0.15) is 12.4 Å². The smallest absolute Gasteiger partial charge is 0.225 e. The molecule has 2 aliphatic heterocycles. The summed E-state index contributed by atoms with van der Waals surface area (Å²) in [6.07, 6.45) is 4.07. The number of amides is 1. The third-order valence-electron chi connectivity index (χ3n) is 6.31. The van der Waals surface area contributed by atoms with Crippen molar-refractivity contribution < 1.29 is 19.0 Å². The molecular formula is C24H39N3O4. The van der Waals surface area contributed by atoms with Gasteiger partial charge in [0.05, 0.1) is 24.9 Å². The summed E-state index contributed by atoms with van der Waals surface area (Å²) in [6, 6.07) is 6.72. The fourth-order valence-corrected chi connectivity index (χ4v) is 4.51. The van der Waals surface area contributed by atoms with Crippen LogP contribution in [0.25, 0.3) is 0 Å². The van der Waals surface area contributed by atoms with Gasteiger partial charge in [0.15, 0.2) is 0 Å². The number of ether oxygens (including phenoxy) is 3. The van der Waals surface area contributed by atoms with Crippen molar-refractivity contribution in [1.29, 1.82) is 0 Å². The SMILES string of the molecule is CNC(=O)C(C)(C)CC1CC[C@@H](OCc2ccc3c(c2)N(CCCOC)CCO3)CN1. The number of anilines is 1. The molecule has 1 amide bonds. The summed E-state index contributed by atoms with van der Waals surface area (Å²) in [7, 11) is 3.45. The van der Waals surface area contributed by atoms with E-state index in [2.05, 4.69) is 33.7 Å². The number of hydrogen-bond donors (Lipinski definition) is 2. The highest BCUT2D eigenvalue weighted by Crippen LogP contribution is 2.33. The number of carbonyl (C=O) groups is 1. The lowest BCUT2D eigenvalue weighted by Crippen LogP contribution is -2.47. The molecule has 0 aromatic heterocycles. The minimum Gasteiger partial charge on any atom is -0.490 e. The van der Waals surface area contributed by atoms with Crippen LogP contribution in [-0.2, 0) is 20.9 Å². The van der Waals surface area contributed by atoms with E-state index < -0.39 is 0 Å². The van der Waals surface area contributed by atoms with Gasteiger partial charge in [-0.2, -0.15) is 0 Å². The molecule has 31 heavy (non-hydrogen) atoms. The number of rotatable bonds is 10. The van der Waals surface area contributed by atoms with Crippen molar-refractivity contribution in [2.24, 2.45) is 5.41 Å². The van der Waals surface area contributed by atoms with Gasteiger partial charge in [0.2, 0.25) is 5.91 Å². The Kier molecular flexibility index (Phi) is 8.58. The second kappa shape index (κ2) is 11.2. The van der Waals surface area contributed by atoms with E-state index in [1.54, 1.807) is 14.2 Å². The van der Waals surface area contributed by atoms with Gasteiger partial charge in [-0.15, -0.1) is 0 Å². The van der Waals surface area contributed by atoms with Crippen LogP contribution in [0.2, 0.25) is 0 Å². The second-order valence-corrected chi connectivity index (χ2v) is 9.27. The lowest BCUT2D eigenvalue weighted by molar-refractivity contribution is -0.129. The van der Waals surface area contributed by atoms with Gasteiger partial charge in [-0.25, -0.2) is 0 Å². The molecule has 1 aromatic carbocycles. The molecule has 174 valence electrons. The molecule has 2 aliphatic rings. The third kappa shape index (κ3) is 6.57. The quantitative estimate of drug-likeness (QED) is 0.553. The summed E-state index contributed by atoms with van der Waals surface area (Å²) in [5.74, 6) is 1.05. The number of hydrogen-bond acceptors (Lipinski definition) is 6. The van der Waals surface area contributed by atoms with Crippen LogP contribution in [0.5, 0.6) is 5.75 Å².